The van der Waals surface area contributed by atoms with E-state index in [2.05, 4.69) is 27.8 Å². The Balaban J connectivity index is 3.02. The smallest absolute Gasteiger partial charge is 0.312 e. The molecule has 0 aliphatic rings. The van der Waals surface area contributed by atoms with Crippen LogP contribution in [0.3, 0.4) is 0 Å². The molecule has 5 amide bonds. The van der Waals surface area contributed by atoms with E-state index in [1.165, 1.54) is 0 Å². The molecule has 0 spiro atoms. The molecule has 1 rings (SSSR count). The van der Waals surface area contributed by atoms with Crippen LogP contribution >= 0.6 is 0 Å². The number of carbonyl (C=O) groups is 4. The van der Waals surface area contributed by atoms with E-state index in [0.717, 1.165) is 0 Å². The number of hydrogen-bond acceptors (Lipinski definition) is 9. The predicted octanol–water partition coefficient (Wildman–Crippen LogP) is -0.973. The molecule has 0 bridgehead atoms. The molecule has 0 fully saturated rings. The van der Waals surface area contributed by atoms with Crippen molar-refractivity contribution in [3.8, 4) is 5.75 Å². The van der Waals surface area contributed by atoms with Gasteiger partial charge in [0.2, 0.25) is 17.7 Å². The van der Waals surface area contributed by atoms with Crippen molar-refractivity contribution in [2.45, 2.75) is 38.5 Å². The number of nitrogens with zero attached hydrogens (tertiary/aromatic N) is 1. The van der Waals surface area contributed by atoms with Gasteiger partial charge >= 0.3 is 6.03 Å². The third kappa shape index (κ3) is 13.4. The van der Waals surface area contributed by atoms with E-state index < -0.39 is 29.9 Å². The number of ether oxygens (including phenoxy) is 2. The summed E-state index contributed by atoms with van der Waals surface area (Å²) in [5.41, 5.74) is 11.8. The van der Waals surface area contributed by atoms with Gasteiger partial charge in [-0.2, -0.15) is 0 Å². The topological polar surface area (TPSA) is 210 Å². The van der Waals surface area contributed by atoms with Crippen molar-refractivity contribution < 1.29 is 33.8 Å². The lowest BCUT2D eigenvalue weighted by Crippen LogP contribution is -2.54. The van der Waals surface area contributed by atoms with Crippen molar-refractivity contribution >= 4 is 29.4 Å². The number of benzene rings is 1. The van der Waals surface area contributed by atoms with Gasteiger partial charge in [-0.05, 0) is 45.5 Å². The highest BCUT2D eigenvalue weighted by Crippen LogP contribution is 2.24. The largest absolute Gasteiger partial charge is 0.491 e. The summed E-state index contributed by atoms with van der Waals surface area (Å²) in [4.78, 5) is 51.3. The van der Waals surface area contributed by atoms with Crippen LogP contribution in [0.5, 0.6) is 5.75 Å². The second-order valence-corrected chi connectivity index (χ2v) is 9.30. The maximum atomic E-state index is 13.3. The van der Waals surface area contributed by atoms with E-state index >= 15 is 0 Å². The summed E-state index contributed by atoms with van der Waals surface area (Å²) in [7, 11) is 3.43. The lowest BCUT2D eigenvalue weighted by molar-refractivity contribution is -0.130. The van der Waals surface area contributed by atoms with Gasteiger partial charge in [-0.1, -0.05) is 12.6 Å². The van der Waals surface area contributed by atoms with Crippen molar-refractivity contribution in [3.05, 3.63) is 35.9 Å². The van der Waals surface area contributed by atoms with Gasteiger partial charge in [0, 0.05) is 30.4 Å². The molecule has 0 radical (unpaired) electrons. The van der Waals surface area contributed by atoms with E-state index in [1.807, 2.05) is 0 Å². The summed E-state index contributed by atoms with van der Waals surface area (Å²) < 4.78 is 11.0. The Morgan fingerprint density at radius 1 is 1.10 bits per heavy atom. The maximum Gasteiger partial charge on any atom is 0.312 e. The number of anilines is 1. The lowest BCUT2D eigenvalue weighted by Gasteiger charge is -2.24. The number of nitrogens with two attached hydrogens (primary N) is 2. The number of hydrogen-bond donors (Lipinski definition) is 7. The molecule has 0 aromatic heterocycles. The molecule has 0 heterocycles. The minimum Gasteiger partial charge on any atom is -0.491 e. The second-order valence-electron chi connectivity index (χ2n) is 9.30. The minimum atomic E-state index is -1.06. The predicted molar refractivity (Wildman–Crippen MR) is 150 cm³/mol. The number of amides is 5. The molecule has 0 aliphatic carbocycles. The first-order valence-electron chi connectivity index (χ1n) is 12.9. The summed E-state index contributed by atoms with van der Waals surface area (Å²) in [5.74, 6) is -1.18. The monoisotopic (exact) mass is 565 g/mol. The summed E-state index contributed by atoms with van der Waals surface area (Å²) in [6.07, 6.45) is 0.482. The van der Waals surface area contributed by atoms with Crippen molar-refractivity contribution in [1.29, 1.82) is 0 Å². The van der Waals surface area contributed by atoms with Crippen LogP contribution in [-0.4, -0.2) is 99.4 Å². The number of aliphatic hydroxyl groups is 1. The number of likely N-dealkylation sites (N-methyl/N-ethyl adjacent to an activating group) is 1. The normalized spacial score (nSPS) is 12.2. The Kier molecular flexibility index (Phi) is 15.9. The Morgan fingerprint density at radius 3 is 2.42 bits per heavy atom. The molecule has 2 atom stereocenters. The molecule has 0 saturated heterocycles. The molecule has 224 valence electrons. The van der Waals surface area contributed by atoms with Gasteiger partial charge in [-0.25, -0.2) is 4.79 Å². The van der Waals surface area contributed by atoms with Gasteiger partial charge in [0.15, 0.2) is 0 Å². The fourth-order valence-electron chi connectivity index (χ4n) is 3.47. The van der Waals surface area contributed by atoms with Gasteiger partial charge in [-0.15, -0.1) is 0 Å². The van der Waals surface area contributed by atoms with E-state index in [1.54, 1.807) is 44.1 Å². The van der Waals surface area contributed by atoms with Crippen molar-refractivity contribution in [2.75, 3.05) is 58.9 Å². The van der Waals surface area contributed by atoms with Gasteiger partial charge in [-0.3, -0.25) is 14.4 Å². The molecular weight excluding hydrogens is 522 g/mol. The van der Waals surface area contributed by atoms with Crippen LogP contribution in [0.1, 0.15) is 25.3 Å². The number of urea groups is 1. The summed E-state index contributed by atoms with van der Waals surface area (Å²) in [5, 5.41) is 20.1. The Bertz CT molecular complexity index is 1000. The maximum absolute atomic E-state index is 13.3. The molecule has 1 aromatic rings. The minimum absolute atomic E-state index is 0.0626. The molecular formula is C26H43N7O7. The zero-order chi connectivity index (χ0) is 30.1. The van der Waals surface area contributed by atoms with Crippen LogP contribution in [0.2, 0.25) is 0 Å². The van der Waals surface area contributed by atoms with E-state index in [9.17, 15) is 24.3 Å². The molecule has 14 heteroatoms. The molecule has 0 unspecified atom stereocenters. The van der Waals surface area contributed by atoms with Crippen LogP contribution < -0.4 is 37.5 Å². The molecule has 9 N–H and O–H groups in total. The van der Waals surface area contributed by atoms with Crippen LogP contribution in [0.15, 0.2) is 30.4 Å². The Hall–Kier alpha value is -3.72. The Morgan fingerprint density at radius 2 is 1.82 bits per heavy atom. The fourth-order valence-corrected chi connectivity index (χ4v) is 3.47. The third-order valence-electron chi connectivity index (χ3n) is 5.37. The van der Waals surface area contributed by atoms with Gasteiger partial charge in [0.1, 0.15) is 24.4 Å². The van der Waals surface area contributed by atoms with Crippen molar-refractivity contribution in [2.24, 2.45) is 11.5 Å². The molecule has 0 aliphatic heterocycles. The van der Waals surface area contributed by atoms with Gasteiger partial charge in [0.25, 0.3) is 0 Å². The number of carbonyl (C=O) groups excluding carboxylic acids is 4. The first-order chi connectivity index (χ1) is 19.0. The first-order valence-corrected chi connectivity index (χ1v) is 12.9. The van der Waals surface area contributed by atoms with Gasteiger partial charge in [0.05, 0.1) is 26.4 Å². The second kappa shape index (κ2) is 18.5. The lowest BCUT2D eigenvalue weighted by atomic mass is 10.1. The average Bonchev–Trinajstić information content (AvgIpc) is 2.88. The summed E-state index contributed by atoms with van der Waals surface area (Å²) in [6, 6.07) is 1.96. The van der Waals surface area contributed by atoms with Gasteiger partial charge < -0.3 is 52.2 Å². The summed E-state index contributed by atoms with van der Waals surface area (Å²) in [6.45, 7) is 6.63. The quantitative estimate of drug-likeness (QED) is 0.0811. The Labute approximate surface area is 234 Å². The molecule has 40 heavy (non-hydrogen) atoms. The molecule has 0 saturated carbocycles. The highest BCUT2D eigenvalue weighted by atomic mass is 16.5. The standard InChI is InChI=1S/C26H43N7O7/c1-17(2)23(32-22(35)15-33(3)4)25(37)31-20(6-5-10-29-26(28)38)24(36)30-19-8-7-18(16-34)21(14-19)40-13-12-39-11-9-27/h7-8,14,20,23,34H,1,5-6,9-13,15-16,27H2,2-4H3,(H,30,36)(H,31,37)(H,32,35)(H3,28,29,38)/t20-,23-/m0/s1. The van der Waals surface area contributed by atoms with Crippen LogP contribution in [0, 0.1) is 0 Å². The van der Waals surface area contributed by atoms with Crippen LogP contribution in [0.4, 0.5) is 10.5 Å². The summed E-state index contributed by atoms with van der Waals surface area (Å²) >= 11 is 0. The zero-order valence-corrected chi connectivity index (χ0v) is 23.5. The average molecular weight is 566 g/mol. The molecule has 14 nitrogen and oxygen atoms in total. The first kappa shape index (κ1) is 34.3. The number of aliphatic hydroxyl groups excluding tert-OH is 1. The SMILES string of the molecule is C=C(C)[C@H](NC(=O)CN(C)C)C(=O)N[C@@H](CCCNC(N)=O)C(=O)Nc1ccc(CO)c(OCCOCCN)c1. The van der Waals surface area contributed by atoms with Crippen LogP contribution in [0.25, 0.3) is 0 Å². The van der Waals surface area contributed by atoms with E-state index in [-0.39, 0.29) is 38.6 Å². The molecule has 1 aromatic carbocycles. The number of nitrogens with one attached hydrogen (secondary N) is 4. The third-order valence-corrected chi connectivity index (χ3v) is 5.37. The highest BCUT2D eigenvalue weighted by Gasteiger charge is 2.27. The van der Waals surface area contributed by atoms with E-state index in [4.69, 9.17) is 20.9 Å². The number of primary amides is 1. The fraction of sp³-hybridized carbons (Fsp3) is 0.538. The van der Waals surface area contributed by atoms with Crippen molar-refractivity contribution in [3.63, 3.8) is 0 Å². The van der Waals surface area contributed by atoms with Crippen molar-refractivity contribution in [1.82, 2.24) is 20.9 Å². The highest BCUT2D eigenvalue weighted by molar-refractivity contribution is 5.99. The van der Waals surface area contributed by atoms with E-state index in [0.29, 0.717) is 48.8 Å². The number of rotatable bonds is 19. The van der Waals surface area contributed by atoms with Crippen LogP contribution in [-0.2, 0) is 25.7 Å². The zero-order valence-electron chi connectivity index (χ0n) is 23.5.